The Morgan fingerprint density at radius 2 is 1.85 bits per heavy atom. The van der Waals surface area contributed by atoms with Crippen LogP contribution in [-0.4, -0.2) is 4.75 Å². The van der Waals surface area contributed by atoms with Crippen molar-refractivity contribution >= 4 is 12.6 Å². The van der Waals surface area contributed by atoms with E-state index < -0.39 is 0 Å². The van der Waals surface area contributed by atoms with Gasteiger partial charge in [0.15, 0.2) is 0 Å². The fourth-order valence-corrected chi connectivity index (χ4v) is 2.30. The summed E-state index contributed by atoms with van der Waals surface area (Å²) in [6.45, 7) is 0. The molecule has 0 aliphatic heterocycles. The SMILES string of the molecule is C#CCC1CCC(S)(CC#C)CC1. The molecule has 0 radical (unpaired) electrons. The van der Waals surface area contributed by atoms with E-state index in [-0.39, 0.29) is 4.75 Å². The van der Waals surface area contributed by atoms with Gasteiger partial charge < -0.3 is 0 Å². The fourth-order valence-electron chi connectivity index (χ4n) is 1.95. The number of hydrogen-bond acceptors (Lipinski definition) is 1. The lowest BCUT2D eigenvalue weighted by atomic mass is 9.79. The van der Waals surface area contributed by atoms with Crippen LogP contribution in [0.1, 0.15) is 38.5 Å². The minimum absolute atomic E-state index is 0.0971. The van der Waals surface area contributed by atoms with Crippen LogP contribution in [0.5, 0.6) is 0 Å². The average molecular weight is 192 g/mol. The number of terminal acetylenes is 2. The first-order chi connectivity index (χ1) is 6.20. The van der Waals surface area contributed by atoms with E-state index in [0.29, 0.717) is 5.92 Å². The molecule has 0 aromatic heterocycles. The van der Waals surface area contributed by atoms with Crippen LogP contribution in [0.25, 0.3) is 0 Å². The molecule has 0 N–H and O–H groups in total. The Kier molecular flexibility index (Phi) is 3.76. The molecule has 1 heteroatoms. The Labute approximate surface area is 86.9 Å². The zero-order valence-electron chi connectivity index (χ0n) is 7.92. The van der Waals surface area contributed by atoms with E-state index in [4.69, 9.17) is 12.8 Å². The van der Waals surface area contributed by atoms with Crippen molar-refractivity contribution in [2.45, 2.75) is 43.3 Å². The van der Waals surface area contributed by atoms with Gasteiger partial charge in [0.25, 0.3) is 0 Å². The maximum atomic E-state index is 5.31. The van der Waals surface area contributed by atoms with Crippen molar-refractivity contribution in [2.75, 3.05) is 0 Å². The predicted molar refractivity (Wildman–Crippen MR) is 60.6 cm³/mol. The van der Waals surface area contributed by atoms with Crippen molar-refractivity contribution in [3.8, 4) is 24.7 Å². The van der Waals surface area contributed by atoms with Gasteiger partial charge in [0.05, 0.1) is 0 Å². The molecule has 0 aromatic rings. The molecule has 1 saturated carbocycles. The van der Waals surface area contributed by atoms with Crippen LogP contribution in [0.3, 0.4) is 0 Å². The van der Waals surface area contributed by atoms with Crippen LogP contribution in [0, 0.1) is 30.6 Å². The lowest BCUT2D eigenvalue weighted by Gasteiger charge is -2.34. The summed E-state index contributed by atoms with van der Waals surface area (Å²) in [5, 5.41) is 0. The Balaban J connectivity index is 2.39. The highest BCUT2D eigenvalue weighted by Gasteiger charge is 2.30. The smallest absolute Gasteiger partial charge is 0.0239 e. The van der Waals surface area contributed by atoms with Crippen molar-refractivity contribution in [3.63, 3.8) is 0 Å². The second-order valence-corrected chi connectivity index (χ2v) is 4.91. The van der Waals surface area contributed by atoms with Crippen LogP contribution >= 0.6 is 12.6 Å². The Morgan fingerprint density at radius 3 is 2.31 bits per heavy atom. The third-order valence-corrected chi connectivity index (χ3v) is 3.48. The minimum Gasteiger partial charge on any atom is -0.172 e. The third-order valence-electron chi connectivity index (χ3n) is 2.87. The zero-order chi connectivity index (χ0) is 9.73. The van der Waals surface area contributed by atoms with E-state index in [0.717, 1.165) is 25.7 Å². The van der Waals surface area contributed by atoms with Gasteiger partial charge in [0.1, 0.15) is 0 Å². The summed E-state index contributed by atoms with van der Waals surface area (Å²) in [5.41, 5.74) is 0. The number of rotatable bonds is 2. The van der Waals surface area contributed by atoms with Gasteiger partial charge in [0.2, 0.25) is 0 Å². The summed E-state index contributed by atoms with van der Waals surface area (Å²) in [6.07, 6.45) is 16.9. The zero-order valence-corrected chi connectivity index (χ0v) is 8.82. The molecule has 0 spiro atoms. The third kappa shape index (κ3) is 3.02. The van der Waals surface area contributed by atoms with Crippen molar-refractivity contribution in [2.24, 2.45) is 5.92 Å². The molecule has 0 unspecified atom stereocenters. The van der Waals surface area contributed by atoms with E-state index in [9.17, 15) is 0 Å². The van der Waals surface area contributed by atoms with Crippen molar-refractivity contribution in [1.82, 2.24) is 0 Å². The van der Waals surface area contributed by atoms with E-state index in [1.807, 2.05) is 0 Å². The van der Waals surface area contributed by atoms with Gasteiger partial charge in [-0.2, -0.15) is 12.6 Å². The first kappa shape index (κ1) is 10.6. The maximum Gasteiger partial charge on any atom is 0.0239 e. The Hall–Kier alpha value is -0.530. The maximum absolute atomic E-state index is 5.31. The predicted octanol–water partition coefficient (Wildman–Crippen LogP) is 2.89. The van der Waals surface area contributed by atoms with Crippen LogP contribution < -0.4 is 0 Å². The highest BCUT2D eigenvalue weighted by atomic mass is 32.1. The summed E-state index contributed by atoms with van der Waals surface area (Å²) in [4.78, 5) is 0. The van der Waals surface area contributed by atoms with Gasteiger partial charge in [-0.3, -0.25) is 0 Å². The molecule has 0 bridgehead atoms. The first-order valence-corrected chi connectivity index (χ1v) is 5.24. The second kappa shape index (κ2) is 4.64. The van der Waals surface area contributed by atoms with Crippen LogP contribution in [0.4, 0.5) is 0 Å². The lowest BCUT2D eigenvalue weighted by Crippen LogP contribution is -2.28. The molecule has 0 atom stereocenters. The molecule has 70 valence electrons. The summed E-state index contributed by atoms with van der Waals surface area (Å²) in [5.74, 6) is 6.15. The Bertz CT molecular complexity index is 233. The van der Waals surface area contributed by atoms with Gasteiger partial charge in [-0.05, 0) is 31.6 Å². The van der Waals surface area contributed by atoms with Crippen molar-refractivity contribution < 1.29 is 0 Å². The first-order valence-electron chi connectivity index (χ1n) is 4.79. The molecule has 0 amide bonds. The molecule has 0 aromatic carbocycles. The van der Waals surface area contributed by atoms with Crippen molar-refractivity contribution in [3.05, 3.63) is 0 Å². The summed E-state index contributed by atoms with van der Waals surface area (Å²) in [7, 11) is 0. The molecule has 1 aliphatic rings. The molecule has 1 rings (SSSR count). The molecular formula is C12H16S. The summed E-state index contributed by atoms with van der Waals surface area (Å²) >= 11 is 4.64. The largest absolute Gasteiger partial charge is 0.172 e. The topological polar surface area (TPSA) is 0 Å². The molecule has 0 heterocycles. The monoisotopic (exact) mass is 192 g/mol. The normalized spacial score (nSPS) is 33.3. The van der Waals surface area contributed by atoms with Gasteiger partial charge in [-0.25, -0.2) is 0 Å². The summed E-state index contributed by atoms with van der Waals surface area (Å²) < 4.78 is 0.0971. The number of thiol groups is 1. The fraction of sp³-hybridized carbons (Fsp3) is 0.667. The quantitative estimate of drug-likeness (QED) is 0.505. The molecule has 1 fully saturated rings. The second-order valence-electron chi connectivity index (χ2n) is 3.96. The van der Waals surface area contributed by atoms with Crippen LogP contribution in [0.2, 0.25) is 0 Å². The van der Waals surface area contributed by atoms with E-state index >= 15 is 0 Å². The van der Waals surface area contributed by atoms with E-state index in [1.54, 1.807) is 0 Å². The van der Waals surface area contributed by atoms with Crippen LogP contribution in [-0.2, 0) is 0 Å². The molecule has 0 nitrogen and oxygen atoms in total. The van der Waals surface area contributed by atoms with Crippen LogP contribution in [0.15, 0.2) is 0 Å². The van der Waals surface area contributed by atoms with Gasteiger partial charge in [-0.1, -0.05) is 0 Å². The average Bonchev–Trinajstić information content (AvgIpc) is 2.10. The van der Waals surface area contributed by atoms with E-state index in [1.165, 1.54) is 12.8 Å². The highest BCUT2D eigenvalue weighted by Crippen LogP contribution is 2.39. The number of hydrogen-bond donors (Lipinski definition) is 1. The summed E-state index contributed by atoms with van der Waals surface area (Å²) in [6, 6.07) is 0. The molecule has 1 aliphatic carbocycles. The lowest BCUT2D eigenvalue weighted by molar-refractivity contribution is 0.310. The van der Waals surface area contributed by atoms with E-state index in [2.05, 4.69) is 24.5 Å². The standard InChI is InChI=1S/C12H16S/c1-3-5-11-6-9-12(13,8-4-2)10-7-11/h1-2,11,13H,5-10H2. The van der Waals surface area contributed by atoms with Gasteiger partial charge >= 0.3 is 0 Å². The molecule has 13 heavy (non-hydrogen) atoms. The Morgan fingerprint density at radius 1 is 1.23 bits per heavy atom. The van der Waals surface area contributed by atoms with Crippen molar-refractivity contribution in [1.29, 1.82) is 0 Å². The van der Waals surface area contributed by atoms with Gasteiger partial charge in [0, 0.05) is 17.6 Å². The van der Waals surface area contributed by atoms with Gasteiger partial charge in [-0.15, -0.1) is 24.7 Å². The minimum atomic E-state index is 0.0971. The molecular weight excluding hydrogens is 176 g/mol. The highest BCUT2D eigenvalue weighted by molar-refractivity contribution is 7.81. The molecule has 0 saturated heterocycles.